The van der Waals surface area contributed by atoms with E-state index in [2.05, 4.69) is 11.2 Å². The summed E-state index contributed by atoms with van der Waals surface area (Å²) in [5.41, 5.74) is -0.738. The van der Waals surface area contributed by atoms with Crippen LogP contribution in [0, 0.1) is 12.3 Å². The molecule has 112 valence electrons. The van der Waals surface area contributed by atoms with Gasteiger partial charge in [0.1, 0.15) is 6.04 Å². The second kappa shape index (κ2) is 6.79. The third-order valence-electron chi connectivity index (χ3n) is 2.57. The Balaban J connectivity index is 2.75. The molecule has 1 amide bonds. The SMILES string of the molecule is C#CCC(NC(=O)Cc1cccc(C(F)(F)F)c1)C(=O)O. The average Bonchev–Trinajstić information content (AvgIpc) is 2.37. The van der Waals surface area contributed by atoms with Gasteiger partial charge in [-0.05, 0) is 11.6 Å². The van der Waals surface area contributed by atoms with E-state index in [0.29, 0.717) is 0 Å². The van der Waals surface area contributed by atoms with Gasteiger partial charge in [-0.15, -0.1) is 12.3 Å². The van der Waals surface area contributed by atoms with E-state index in [9.17, 15) is 22.8 Å². The number of carboxylic acid groups (broad SMARTS) is 1. The molecule has 1 aromatic rings. The van der Waals surface area contributed by atoms with Gasteiger partial charge in [0.25, 0.3) is 0 Å². The van der Waals surface area contributed by atoms with E-state index in [1.807, 2.05) is 0 Å². The fourth-order valence-electron chi connectivity index (χ4n) is 1.61. The zero-order valence-corrected chi connectivity index (χ0v) is 10.8. The summed E-state index contributed by atoms with van der Waals surface area (Å²) in [6.07, 6.45) is -0.0944. The molecule has 0 aliphatic carbocycles. The summed E-state index contributed by atoms with van der Waals surface area (Å²) in [7, 11) is 0. The van der Waals surface area contributed by atoms with Crippen molar-refractivity contribution in [1.82, 2.24) is 5.32 Å². The normalized spacial score (nSPS) is 12.3. The molecule has 4 nitrogen and oxygen atoms in total. The highest BCUT2D eigenvalue weighted by molar-refractivity contribution is 5.85. The van der Waals surface area contributed by atoms with Gasteiger partial charge < -0.3 is 10.4 Å². The monoisotopic (exact) mass is 299 g/mol. The standard InChI is InChI=1S/C14H12F3NO3/c1-2-4-11(13(20)21)18-12(19)8-9-5-3-6-10(7-9)14(15,16)17/h1,3,5-7,11H,4,8H2,(H,18,19)(H,20,21). The van der Waals surface area contributed by atoms with Crippen molar-refractivity contribution in [3.05, 3.63) is 35.4 Å². The van der Waals surface area contributed by atoms with Gasteiger partial charge in [0.15, 0.2) is 0 Å². The summed E-state index contributed by atoms with van der Waals surface area (Å²) in [6, 6.07) is 3.01. The molecule has 1 aromatic carbocycles. The number of carbonyl (C=O) groups excluding carboxylic acids is 1. The maximum atomic E-state index is 12.5. The third-order valence-corrected chi connectivity index (χ3v) is 2.57. The number of terminal acetylenes is 1. The molecule has 21 heavy (non-hydrogen) atoms. The largest absolute Gasteiger partial charge is 0.480 e. The van der Waals surface area contributed by atoms with Crippen LogP contribution >= 0.6 is 0 Å². The number of nitrogens with one attached hydrogen (secondary N) is 1. The van der Waals surface area contributed by atoms with E-state index in [-0.39, 0.29) is 18.4 Å². The fraction of sp³-hybridized carbons (Fsp3) is 0.286. The van der Waals surface area contributed by atoms with E-state index in [4.69, 9.17) is 11.5 Å². The van der Waals surface area contributed by atoms with Crippen LogP contribution in [0.4, 0.5) is 13.2 Å². The molecule has 0 spiro atoms. The van der Waals surface area contributed by atoms with Crippen LogP contribution in [0.2, 0.25) is 0 Å². The van der Waals surface area contributed by atoms with Gasteiger partial charge in [-0.3, -0.25) is 4.79 Å². The van der Waals surface area contributed by atoms with Gasteiger partial charge >= 0.3 is 12.1 Å². The molecule has 0 fully saturated rings. The second-order valence-electron chi connectivity index (χ2n) is 4.24. The lowest BCUT2D eigenvalue weighted by Crippen LogP contribution is -2.41. The van der Waals surface area contributed by atoms with Crippen LogP contribution in [0.25, 0.3) is 0 Å². The van der Waals surface area contributed by atoms with E-state index < -0.39 is 29.7 Å². The van der Waals surface area contributed by atoms with E-state index >= 15 is 0 Å². The number of carboxylic acids is 1. The second-order valence-corrected chi connectivity index (χ2v) is 4.24. The molecule has 0 radical (unpaired) electrons. The number of amides is 1. The zero-order valence-electron chi connectivity index (χ0n) is 10.8. The lowest BCUT2D eigenvalue weighted by atomic mass is 10.1. The van der Waals surface area contributed by atoms with Crippen LogP contribution in [0.1, 0.15) is 17.5 Å². The third kappa shape index (κ3) is 5.18. The van der Waals surface area contributed by atoms with Crippen molar-refractivity contribution in [3.8, 4) is 12.3 Å². The Bertz CT molecular complexity index is 576. The van der Waals surface area contributed by atoms with E-state index in [1.54, 1.807) is 0 Å². The first kappa shape index (κ1) is 16.6. The van der Waals surface area contributed by atoms with Gasteiger partial charge in [-0.1, -0.05) is 18.2 Å². The Labute approximate surface area is 119 Å². The van der Waals surface area contributed by atoms with E-state index in [1.165, 1.54) is 12.1 Å². The zero-order chi connectivity index (χ0) is 16.0. The van der Waals surface area contributed by atoms with Crippen molar-refractivity contribution in [3.63, 3.8) is 0 Å². The number of alkyl halides is 3. The summed E-state index contributed by atoms with van der Waals surface area (Å²) in [5.74, 6) is 0.0913. The first-order valence-corrected chi connectivity index (χ1v) is 5.86. The summed E-state index contributed by atoms with van der Waals surface area (Å²) in [5, 5.41) is 11.0. The quantitative estimate of drug-likeness (QED) is 0.815. The molecular weight excluding hydrogens is 287 g/mol. The molecule has 0 bridgehead atoms. The van der Waals surface area contributed by atoms with Crippen molar-refractivity contribution in [1.29, 1.82) is 0 Å². The number of hydrogen-bond donors (Lipinski definition) is 2. The Hall–Kier alpha value is -2.49. The minimum absolute atomic E-state index is 0.132. The lowest BCUT2D eigenvalue weighted by molar-refractivity contribution is -0.141. The van der Waals surface area contributed by atoms with E-state index in [0.717, 1.165) is 12.1 Å². The number of aliphatic carboxylic acids is 1. The van der Waals surface area contributed by atoms with Crippen LogP contribution in [0.3, 0.4) is 0 Å². The molecule has 0 aromatic heterocycles. The van der Waals surface area contributed by atoms with Gasteiger partial charge in [0.2, 0.25) is 5.91 Å². The Morgan fingerprint density at radius 2 is 2.05 bits per heavy atom. The van der Waals surface area contributed by atoms with Crippen molar-refractivity contribution >= 4 is 11.9 Å². The van der Waals surface area contributed by atoms with Gasteiger partial charge in [0, 0.05) is 6.42 Å². The first-order valence-electron chi connectivity index (χ1n) is 5.86. The van der Waals surface area contributed by atoms with Gasteiger partial charge in [-0.25, -0.2) is 4.79 Å². The summed E-state index contributed by atoms with van der Waals surface area (Å²) >= 11 is 0. The molecule has 0 aliphatic rings. The number of hydrogen-bond acceptors (Lipinski definition) is 2. The molecule has 2 N–H and O–H groups in total. The average molecular weight is 299 g/mol. The highest BCUT2D eigenvalue weighted by atomic mass is 19.4. The summed E-state index contributed by atoms with van der Waals surface area (Å²) in [6.45, 7) is 0. The topological polar surface area (TPSA) is 66.4 Å². The Morgan fingerprint density at radius 1 is 1.38 bits per heavy atom. The van der Waals surface area contributed by atoms with Crippen molar-refractivity contribution < 1.29 is 27.9 Å². The Morgan fingerprint density at radius 3 is 2.57 bits per heavy atom. The molecule has 0 saturated heterocycles. The molecular formula is C14H12F3NO3. The highest BCUT2D eigenvalue weighted by Gasteiger charge is 2.30. The molecule has 1 atom stereocenters. The maximum Gasteiger partial charge on any atom is 0.416 e. The number of halogens is 3. The van der Waals surface area contributed by atoms with Crippen LogP contribution in [-0.4, -0.2) is 23.0 Å². The van der Waals surface area contributed by atoms with Crippen LogP contribution in [0.5, 0.6) is 0 Å². The van der Waals surface area contributed by atoms with Crippen molar-refractivity contribution in [2.45, 2.75) is 25.1 Å². The minimum Gasteiger partial charge on any atom is -0.480 e. The summed E-state index contributed by atoms with van der Waals surface area (Å²) in [4.78, 5) is 22.4. The maximum absolute atomic E-state index is 12.5. The molecule has 1 rings (SSSR count). The van der Waals surface area contributed by atoms with Gasteiger partial charge in [0.05, 0.1) is 12.0 Å². The first-order chi connectivity index (χ1) is 9.74. The number of rotatable bonds is 5. The Kier molecular flexibility index (Phi) is 5.36. The van der Waals surface area contributed by atoms with Crippen molar-refractivity contribution in [2.75, 3.05) is 0 Å². The molecule has 7 heteroatoms. The van der Waals surface area contributed by atoms with Gasteiger partial charge in [-0.2, -0.15) is 13.2 Å². The number of carbonyl (C=O) groups is 2. The molecule has 0 heterocycles. The molecule has 0 aliphatic heterocycles. The highest BCUT2D eigenvalue weighted by Crippen LogP contribution is 2.29. The van der Waals surface area contributed by atoms with Crippen molar-refractivity contribution in [2.24, 2.45) is 0 Å². The van der Waals surface area contributed by atoms with Crippen LogP contribution in [0.15, 0.2) is 24.3 Å². The smallest absolute Gasteiger partial charge is 0.416 e. The fourth-order valence-corrected chi connectivity index (χ4v) is 1.61. The van der Waals surface area contributed by atoms with Crippen LogP contribution < -0.4 is 5.32 Å². The predicted molar refractivity (Wildman–Crippen MR) is 68.2 cm³/mol. The number of benzene rings is 1. The summed E-state index contributed by atoms with van der Waals surface area (Å²) < 4.78 is 37.6. The molecule has 0 saturated carbocycles. The minimum atomic E-state index is -4.50. The molecule has 1 unspecified atom stereocenters. The lowest BCUT2D eigenvalue weighted by Gasteiger charge is -2.12. The van der Waals surface area contributed by atoms with Crippen LogP contribution in [-0.2, 0) is 22.2 Å². The predicted octanol–water partition coefficient (Wildman–Crippen LogP) is 1.84.